The van der Waals surface area contributed by atoms with Gasteiger partial charge in [-0.25, -0.2) is 4.39 Å². The molecule has 146 valence electrons. The monoisotopic (exact) mass is 451 g/mol. The molecular weight excluding hydrogens is 433 g/mol. The molecule has 1 aliphatic rings. The number of nitrogens with zero attached hydrogens (tertiary/aromatic N) is 1. The van der Waals surface area contributed by atoms with Crippen LogP contribution < -0.4 is 0 Å². The summed E-state index contributed by atoms with van der Waals surface area (Å²) in [6.45, 7) is 2.25. The zero-order valence-electron chi connectivity index (χ0n) is 15.8. The van der Waals surface area contributed by atoms with Gasteiger partial charge in [0, 0.05) is 16.6 Å². The Hall–Kier alpha value is -2.92. The Balaban J connectivity index is 1.80. The van der Waals surface area contributed by atoms with E-state index in [1.165, 1.54) is 12.1 Å². The molecule has 0 saturated heterocycles. The molecule has 0 unspecified atom stereocenters. The molecule has 1 aliphatic heterocycles. The van der Waals surface area contributed by atoms with E-state index in [0.29, 0.717) is 5.57 Å². The van der Waals surface area contributed by atoms with Gasteiger partial charge in [0.15, 0.2) is 5.76 Å². The molecule has 0 fully saturated rings. The van der Waals surface area contributed by atoms with Crippen molar-refractivity contribution in [3.8, 4) is 0 Å². The standard InChI is InChI=1S/C24H19BrFNO2/c1-15-2-6-17(7-3-15)21-22(18-8-10-19(25)11-9-18)27(24(29)23(21)28)14-16-4-12-20(26)13-5-16/h2-13,22,28H,14H2,1H3/t22-/m0/s1. The van der Waals surface area contributed by atoms with Gasteiger partial charge < -0.3 is 10.0 Å². The van der Waals surface area contributed by atoms with Gasteiger partial charge in [-0.2, -0.15) is 0 Å². The number of amides is 1. The van der Waals surface area contributed by atoms with Gasteiger partial charge in [-0.05, 0) is 47.9 Å². The van der Waals surface area contributed by atoms with E-state index in [1.54, 1.807) is 17.0 Å². The van der Waals surface area contributed by atoms with Crippen molar-refractivity contribution >= 4 is 27.4 Å². The second-order valence-corrected chi connectivity index (χ2v) is 8.06. The van der Waals surface area contributed by atoms with E-state index in [1.807, 2.05) is 55.5 Å². The molecule has 3 aromatic rings. The molecule has 4 rings (SSSR count). The minimum atomic E-state index is -0.441. The molecule has 29 heavy (non-hydrogen) atoms. The van der Waals surface area contributed by atoms with Crippen molar-refractivity contribution in [1.82, 2.24) is 4.90 Å². The van der Waals surface area contributed by atoms with Gasteiger partial charge in [0.25, 0.3) is 5.91 Å². The quantitative estimate of drug-likeness (QED) is 0.532. The topological polar surface area (TPSA) is 40.5 Å². The number of rotatable bonds is 4. The van der Waals surface area contributed by atoms with Crippen LogP contribution in [0.4, 0.5) is 4.39 Å². The van der Waals surface area contributed by atoms with Crippen molar-refractivity contribution < 1.29 is 14.3 Å². The second-order valence-electron chi connectivity index (χ2n) is 7.14. The van der Waals surface area contributed by atoms with Crippen LogP contribution in [0.15, 0.2) is 83.0 Å². The summed E-state index contributed by atoms with van der Waals surface area (Å²) in [6.07, 6.45) is 0. The van der Waals surface area contributed by atoms with Crippen molar-refractivity contribution in [3.05, 3.63) is 111 Å². The fourth-order valence-electron chi connectivity index (χ4n) is 3.62. The number of halogens is 2. The first-order chi connectivity index (χ1) is 13.9. The lowest BCUT2D eigenvalue weighted by Crippen LogP contribution is -2.29. The molecule has 1 N–H and O–H groups in total. The average Bonchev–Trinajstić information content (AvgIpc) is 2.96. The van der Waals surface area contributed by atoms with Crippen LogP contribution >= 0.6 is 15.9 Å². The van der Waals surface area contributed by atoms with Crippen LogP contribution in [0.1, 0.15) is 28.3 Å². The van der Waals surface area contributed by atoms with Crippen LogP contribution in [-0.4, -0.2) is 15.9 Å². The van der Waals surface area contributed by atoms with E-state index in [4.69, 9.17) is 0 Å². The average molecular weight is 452 g/mol. The molecular formula is C24H19BrFNO2. The fourth-order valence-corrected chi connectivity index (χ4v) is 3.89. The second kappa shape index (κ2) is 7.84. The number of carbonyl (C=O) groups is 1. The first-order valence-electron chi connectivity index (χ1n) is 9.25. The molecule has 0 saturated carbocycles. The third-order valence-electron chi connectivity index (χ3n) is 5.12. The Morgan fingerprint density at radius 1 is 0.966 bits per heavy atom. The van der Waals surface area contributed by atoms with Gasteiger partial charge in [0.2, 0.25) is 0 Å². The van der Waals surface area contributed by atoms with E-state index >= 15 is 0 Å². The Bertz CT molecular complexity index is 1070. The van der Waals surface area contributed by atoms with Crippen LogP contribution in [0.5, 0.6) is 0 Å². The highest BCUT2D eigenvalue weighted by Crippen LogP contribution is 2.44. The van der Waals surface area contributed by atoms with Crippen molar-refractivity contribution in [2.75, 3.05) is 0 Å². The molecule has 1 atom stereocenters. The Kier molecular flexibility index (Phi) is 5.24. The molecule has 0 radical (unpaired) electrons. The fraction of sp³-hybridized carbons (Fsp3) is 0.125. The number of carbonyl (C=O) groups excluding carboxylic acids is 1. The lowest BCUT2D eigenvalue weighted by molar-refractivity contribution is -0.130. The zero-order chi connectivity index (χ0) is 20.5. The van der Waals surface area contributed by atoms with E-state index in [0.717, 1.165) is 26.7 Å². The van der Waals surface area contributed by atoms with Crippen LogP contribution in [0, 0.1) is 12.7 Å². The van der Waals surface area contributed by atoms with E-state index in [9.17, 15) is 14.3 Å². The van der Waals surface area contributed by atoms with Crippen LogP contribution in [0.2, 0.25) is 0 Å². The van der Waals surface area contributed by atoms with Crippen LogP contribution in [0.3, 0.4) is 0 Å². The molecule has 0 aliphatic carbocycles. The minimum absolute atomic E-state index is 0.246. The number of aliphatic hydroxyl groups is 1. The first kappa shape index (κ1) is 19.4. The maximum atomic E-state index is 13.3. The normalized spacial score (nSPS) is 16.6. The summed E-state index contributed by atoms with van der Waals surface area (Å²) in [4.78, 5) is 14.6. The maximum absolute atomic E-state index is 13.3. The third kappa shape index (κ3) is 3.83. The van der Waals surface area contributed by atoms with E-state index in [-0.39, 0.29) is 18.1 Å². The molecule has 5 heteroatoms. The van der Waals surface area contributed by atoms with E-state index in [2.05, 4.69) is 15.9 Å². The van der Waals surface area contributed by atoms with Gasteiger partial charge in [-0.15, -0.1) is 0 Å². The number of aryl methyl sites for hydroxylation is 1. The molecule has 1 amide bonds. The Labute approximate surface area is 177 Å². The van der Waals surface area contributed by atoms with Gasteiger partial charge in [0.1, 0.15) is 5.82 Å². The number of aliphatic hydroxyl groups excluding tert-OH is 1. The molecule has 0 bridgehead atoms. The molecule has 3 nitrogen and oxygen atoms in total. The predicted molar refractivity (Wildman–Crippen MR) is 115 cm³/mol. The highest BCUT2D eigenvalue weighted by atomic mass is 79.9. The summed E-state index contributed by atoms with van der Waals surface area (Å²) in [5, 5.41) is 10.8. The predicted octanol–water partition coefficient (Wildman–Crippen LogP) is 5.95. The highest BCUT2D eigenvalue weighted by Gasteiger charge is 2.40. The summed E-state index contributed by atoms with van der Waals surface area (Å²) >= 11 is 3.44. The molecule has 3 aromatic carbocycles. The third-order valence-corrected chi connectivity index (χ3v) is 5.65. The van der Waals surface area contributed by atoms with Gasteiger partial charge in [-0.3, -0.25) is 4.79 Å². The van der Waals surface area contributed by atoms with Crippen molar-refractivity contribution in [3.63, 3.8) is 0 Å². The smallest absolute Gasteiger partial charge is 0.290 e. The van der Waals surface area contributed by atoms with Crippen LogP contribution in [0.25, 0.3) is 5.57 Å². The minimum Gasteiger partial charge on any atom is -0.503 e. The highest BCUT2D eigenvalue weighted by molar-refractivity contribution is 9.10. The summed E-state index contributed by atoms with van der Waals surface area (Å²) in [5.74, 6) is -1.01. The molecule has 1 heterocycles. The van der Waals surface area contributed by atoms with Crippen molar-refractivity contribution in [2.45, 2.75) is 19.5 Å². The van der Waals surface area contributed by atoms with Crippen molar-refractivity contribution in [1.29, 1.82) is 0 Å². The number of benzene rings is 3. The first-order valence-corrected chi connectivity index (χ1v) is 10.0. The zero-order valence-corrected chi connectivity index (χ0v) is 17.4. The molecule has 0 spiro atoms. The number of hydrogen-bond donors (Lipinski definition) is 1. The SMILES string of the molecule is Cc1ccc(C2=C(O)C(=O)N(Cc3ccc(F)cc3)[C@H]2c2ccc(Br)cc2)cc1. The Morgan fingerprint density at radius 3 is 2.21 bits per heavy atom. The van der Waals surface area contributed by atoms with Crippen LogP contribution in [-0.2, 0) is 11.3 Å². The number of hydrogen-bond acceptors (Lipinski definition) is 2. The van der Waals surface area contributed by atoms with Gasteiger partial charge in [0.05, 0.1) is 6.04 Å². The summed E-state index contributed by atoms with van der Waals surface area (Å²) in [5.41, 5.74) is 4.17. The summed E-state index contributed by atoms with van der Waals surface area (Å²) in [6, 6.07) is 21.1. The largest absolute Gasteiger partial charge is 0.503 e. The maximum Gasteiger partial charge on any atom is 0.290 e. The lowest BCUT2D eigenvalue weighted by atomic mass is 9.93. The molecule has 0 aromatic heterocycles. The van der Waals surface area contributed by atoms with Gasteiger partial charge in [-0.1, -0.05) is 70.0 Å². The van der Waals surface area contributed by atoms with E-state index < -0.39 is 11.9 Å². The van der Waals surface area contributed by atoms with Gasteiger partial charge >= 0.3 is 0 Å². The summed E-state index contributed by atoms with van der Waals surface area (Å²) < 4.78 is 14.2. The lowest BCUT2D eigenvalue weighted by Gasteiger charge is -2.27. The summed E-state index contributed by atoms with van der Waals surface area (Å²) in [7, 11) is 0. The van der Waals surface area contributed by atoms with Crippen molar-refractivity contribution in [2.24, 2.45) is 0 Å². The Morgan fingerprint density at radius 2 is 1.59 bits per heavy atom.